The van der Waals surface area contributed by atoms with Gasteiger partial charge in [0.15, 0.2) is 0 Å². The van der Waals surface area contributed by atoms with Gasteiger partial charge in [-0.3, -0.25) is 12.2 Å². The van der Waals surface area contributed by atoms with Gasteiger partial charge in [0.05, 0.1) is 0 Å². The number of allylic oxidation sites excluding steroid dienone is 4. The van der Waals surface area contributed by atoms with Crippen molar-refractivity contribution in [2.75, 3.05) is 0 Å². The largest absolute Gasteiger partial charge is 2.00 e. The van der Waals surface area contributed by atoms with Crippen molar-refractivity contribution in [2.45, 2.75) is 38.5 Å². The average Bonchev–Trinajstić information content (AvgIpc) is 2.67. The predicted molar refractivity (Wildman–Crippen MR) is 43.3 cm³/mol. The van der Waals surface area contributed by atoms with Gasteiger partial charge in [0.25, 0.3) is 0 Å². The molecule has 0 radical (unpaired) electrons. The summed E-state index contributed by atoms with van der Waals surface area (Å²) < 4.78 is 0. The molecule has 2 rings (SSSR count). The van der Waals surface area contributed by atoms with Gasteiger partial charge in [-0.15, -0.1) is 0 Å². The van der Waals surface area contributed by atoms with Crippen molar-refractivity contribution in [3.05, 3.63) is 24.3 Å². The zero-order valence-corrected chi connectivity index (χ0v) is 7.70. The number of hydrogen-bond donors (Lipinski definition) is 0. The molecule has 0 spiro atoms. The summed E-state index contributed by atoms with van der Waals surface area (Å²) in [5, 5.41) is 0. The molecule has 0 amide bonds. The topological polar surface area (TPSA) is 0 Å². The van der Waals surface area contributed by atoms with Crippen molar-refractivity contribution >= 4 is 0 Å². The van der Waals surface area contributed by atoms with E-state index in [2.05, 4.69) is 24.3 Å². The summed E-state index contributed by atoms with van der Waals surface area (Å²) in [6, 6.07) is 0. The molecule has 0 atom stereocenters. The van der Waals surface area contributed by atoms with E-state index in [1.54, 1.807) is 0 Å². The van der Waals surface area contributed by atoms with E-state index in [1.165, 1.54) is 38.5 Å². The summed E-state index contributed by atoms with van der Waals surface area (Å²) in [5.41, 5.74) is 0. The van der Waals surface area contributed by atoms with Gasteiger partial charge in [-0.1, -0.05) is 25.7 Å². The summed E-state index contributed by atoms with van der Waals surface area (Å²) in [6.07, 6.45) is 18.0. The standard InChI is InChI=1S/2C5H7.Ni/c2*1-2-4-5-3-1;/h2*1H,2,4-5H2;/q2*-1;+2. The van der Waals surface area contributed by atoms with Crippen LogP contribution >= 0.6 is 0 Å². The van der Waals surface area contributed by atoms with Crippen LogP contribution in [0.1, 0.15) is 38.5 Å². The summed E-state index contributed by atoms with van der Waals surface area (Å²) in [5.74, 6) is 0. The van der Waals surface area contributed by atoms with Crippen LogP contribution in [0.2, 0.25) is 0 Å². The molecular formula is C10H14Ni. The van der Waals surface area contributed by atoms with Gasteiger partial charge in [-0.25, -0.2) is 0 Å². The maximum atomic E-state index is 3.10. The molecule has 0 N–H and O–H groups in total. The molecule has 0 saturated heterocycles. The molecule has 2 aliphatic rings. The van der Waals surface area contributed by atoms with Crippen LogP contribution in [-0.4, -0.2) is 0 Å². The van der Waals surface area contributed by atoms with Gasteiger partial charge in [-0.05, 0) is 0 Å². The summed E-state index contributed by atoms with van der Waals surface area (Å²) in [4.78, 5) is 0. The van der Waals surface area contributed by atoms with E-state index in [4.69, 9.17) is 0 Å². The molecule has 0 nitrogen and oxygen atoms in total. The maximum absolute atomic E-state index is 3.10. The van der Waals surface area contributed by atoms with Crippen molar-refractivity contribution < 1.29 is 16.5 Å². The summed E-state index contributed by atoms with van der Waals surface area (Å²) in [7, 11) is 0. The van der Waals surface area contributed by atoms with Crippen molar-refractivity contribution in [2.24, 2.45) is 0 Å². The SMILES string of the molecule is [C-]1=CCCC1.[C-]1=CCCC1.[Ni+2]. The van der Waals surface area contributed by atoms with Gasteiger partial charge in [0.2, 0.25) is 0 Å². The first-order valence-electron chi connectivity index (χ1n) is 4.10. The van der Waals surface area contributed by atoms with Crippen LogP contribution in [0.4, 0.5) is 0 Å². The van der Waals surface area contributed by atoms with Crippen LogP contribution in [0.15, 0.2) is 12.2 Å². The molecule has 0 fully saturated rings. The Morgan fingerprint density at radius 1 is 0.818 bits per heavy atom. The minimum Gasteiger partial charge on any atom is -0.501 e. The van der Waals surface area contributed by atoms with E-state index in [0.29, 0.717) is 0 Å². The average molecular weight is 193 g/mol. The fourth-order valence-corrected chi connectivity index (χ4v) is 1.02. The van der Waals surface area contributed by atoms with Crippen LogP contribution in [0.5, 0.6) is 0 Å². The quantitative estimate of drug-likeness (QED) is 0.409. The number of hydrogen-bond acceptors (Lipinski definition) is 0. The van der Waals surface area contributed by atoms with Gasteiger partial charge < -0.3 is 12.2 Å². The van der Waals surface area contributed by atoms with Gasteiger partial charge in [0.1, 0.15) is 0 Å². The second kappa shape index (κ2) is 8.07. The minimum absolute atomic E-state index is 0. The monoisotopic (exact) mass is 192 g/mol. The maximum Gasteiger partial charge on any atom is 2.00 e. The summed E-state index contributed by atoms with van der Waals surface area (Å²) >= 11 is 0. The van der Waals surface area contributed by atoms with Gasteiger partial charge >= 0.3 is 16.5 Å². The van der Waals surface area contributed by atoms with E-state index in [-0.39, 0.29) is 16.5 Å². The van der Waals surface area contributed by atoms with E-state index < -0.39 is 0 Å². The van der Waals surface area contributed by atoms with Crippen LogP contribution in [0.3, 0.4) is 0 Å². The van der Waals surface area contributed by atoms with Crippen molar-refractivity contribution in [1.82, 2.24) is 0 Å². The molecule has 0 bridgehead atoms. The van der Waals surface area contributed by atoms with Crippen LogP contribution < -0.4 is 0 Å². The molecule has 1 heteroatoms. The Kier molecular flexibility index (Phi) is 8.05. The molecule has 0 heterocycles. The molecule has 2 aliphatic carbocycles. The number of rotatable bonds is 0. The first-order valence-corrected chi connectivity index (χ1v) is 4.10. The molecule has 0 unspecified atom stereocenters. The Morgan fingerprint density at radius 2 is 1.27 bits per heavy atom. The predicted octanol–water partition coefficient (Wildman–Crippen LogP) is 3.06. The molecule has 11 heavy (non-hydrogen) atoms. The molecule has 0 aliphatic heterocycles. The fourth-order valence-electron chi connectivity index (χ4n) is 1.02. The molecule has 0 aromatic carbocycles. The van der Waals surface area contributed by atoms with E-state index in [1.807, 2.05) is 0 Å². The van der Waals surface area contributed by atoms with Crippen molar-refractivity contribution in [3.8, 4) is 0 Å². The second-order valence-electron chi connectivity index (χ2n) is 2.60. The van der Waals surface area contributed by atoms with Crippen LogP contribution in [0.25, 0.3) is 0 Å². The molecular weight excluding hydrogens is 179 g/mol. The zero-order chi connectivity index (χ0) is 7.07. The summed E-state index contributed by atoms with van der Waals surface area (Å²) in [6.45, 7) is 0. The van der Waals surface area contributed by atoms with Crippen molar-refractivity contribution in [1.29, 1.82) is 0 Å². The Morgan fingerprint density at radius 3 is 1.36 bits per heavy atom. The van der Waals surface area contributed by atoms with Crippen LogP contribution in [-0.2, 0) is 16.5 Å². The van der Waals surface area contributed by atoms with Gasteiger partial charge in [0, 0.05) is 0 Å². The third-order valence-corrected chi connectivity index (χ3v) is 1.63. The van der Waals surface area contributed by atoms with E-state index >= 15 is 0 Å². The van der Waals surface area contributed by atoms with E-state index in [0.717, 1.165) is 0 Å². The van der Waals surface area contributed by atoms with Crippen LogP contribution in [0, 0.1) is 12.2 Å². The Labute approximate surface area is 79.7 Å². The third-order valence-electron chi connectivity index (χ3n) is 1.63. The smallest absolute Gasteiger partial charge is 0.501 e. The van der Waals surface area contributed by atoms with Gasteiger partial charge in [-0.2, -0.15) is 12.8 Å². The fraction of sp³-hybridized carbons (Fsp3) is 0.600. The minimum atomic E-state index is 0. The Hall–Kier alpha value is -0.0265. The Balaban J connectivity index is 0.000000167. The normalized spacial score (nSPS) is 18.9. The second-order valence-corrected chi connectivity index (χ2v) is 2.60. The first-order chi connectivity index (χ1) is 5.00. The first kappa shape index (κ1) is 11.0. The Bertz CT molecular complexity index is 96.8. The zero-order valence-electron chi connectivity index (χ0n) is 6.71. The molecule has 0 aromatic heterocycles. The molecule has 64 valence electrons. The molecule has 0 saturated carbocycles. The third kappa shape index (κ3) is 6.37. The van der Waals surface area contributed by atoms with Crippen molar-refractivity contribution in [3.63, 3.8) is 0 Å². The molecule has 0 aromatic rings. The van der Waals surface area contributed by atoms with E-state index in [9.17, 15) is 0 Å².